The third-order valence-electron chi connectivity index (χ3n) is 4.51. The molecule has 7 heteroatoms. The van der Waals surface area contributed by atoms with E-state index >= 15 is 0 Å². The minimum Gasteiger partial charge on any atom is -0.464 e. The van der Waals surface area contributed by atoms with Crippen LogP contribution in [0.15, 0.2) is 0 Å². The predicted molar refractivity (Wildman–Crippen MR) is 91.6 cm³/mol. The first-order valence-corrected chi connectivity index (χ1v) is 8.75. The summed E-state index contributed by atoms with van der Waals surface area (Å²) in [6, 6.07) is -0.485. The third kappa shape index (κ3) is 5.70. The minimum atomic E-state index is -0.923. The van der Waals surface area contributed by atoms with E-state index in [1.54, 1.807) is 27.7 Å². The molecule has 0 aromatic carbocycles. The molecular weight excluding hydrogens is 326 g/mol. The average Bonchev–Trinajstić information content (AvgIpc) is 2.49. The summed E-state index contributed by atoms with van der Waals surface area (Å²) in [7, 11) is 0. The lowest BCUT2D eigenvalue weighted by Gasteiger charge is -2.43. The van der Waals surface area contributed by atoms with E-state index in [-0.39, 0.29) is 36.9 Å². The van der Waals surface area contributed by atoms with E-state index in [0.717, 1.165) is 0 Å². The molecule has 0 unspecified atom stereocenters. The van der Waals surface area contributed by atoms with Crippen LogP contribution in [0.2, 0.25) is 0 Å². The van der Waals surface area contributed by atoms with E-state index in [9.17, 15) is 14.4 Å². The first-order valence-electron chi connectivity index (χ1n) is 8.75. The highest BCUT2D eigenvalue weighted by atomic mass is 16.6. The van der Waals surface area contributed by atoms with E-state index in [1.165, 1.54) is 6.92 Å². The quantitative estimate of drug-likeness (QED) is 0.753. The Morgan fingerprint density at radius 1 is 1.08 bits per heavy atom. The summed E-state index contributed by atoms with van der Waals surface area (Å²) in [5.74, 6) is -1.15. The Kier molecular flexibility index (Phi) is 7.41. The van der Waals surface area contributed by atoms with Crippen molar-refractivity contribution < 1.29 is 28.6 Å². The molecule has 1 aliphatic heterocycles. The summed E-state index contributed by atoms with van der Waals surface area (Å²) >= 11 is 0. The number of hydrogen-bond acceptors (Lipinski definition) is 6. The van der Waals surface area contributed by atoms with Gasteiger partial charge < -0.3 is 19.5 Å². The summed E-state index contributed by atoms with van der Waals surface area (Å²) in [5.41, 5.74) is -0.608. The third-order valence-corrected chi connectivity index (χ3v) is 4.51. The molecule has 0 aromatic heterocycles. The Labute approximate surface area is 149 Å². The second-order valence-electron chi connectivity index (χ2n) is 7.64. The summed E-state index contributed by atoms with van der Waals surface area (Å²) < 4.78 is 16.3. The van der Waals surface area contributed by atoms with Gasteiger partial charge in [-0.2, -0.15) is 0 Å². The van der Waals surface area contributed by atoms with E-state index in [2.05, 4.69) is 5.32 Å². The lowest BCUT2D eigenvalue weighted by molar-refractivity contribution is -0.189. The monoisotopic (exact) mass is 357 g/mol. The number of nitrogens with one attached hydrogen (secondary N) is 1. The molecule has 7 nitrogen and oxygen atoms in total. The number of hydrogen-bond donors (Lipinski definition) is 1. The molecule has 0 aromatic rings. The molecule has 0 aliphatic carbocycles. The number of ether oxygens (including phenoxy) is 3. The number of amides is 1. The van der Waals surface area contributed by atoms with Crippen LogP contribution in [-0.2, 0) is 28.6 Å². The van der Waals surface area contributed by atoms with Crippen molar-refractivity contribution in [1.29, 1.82) is 0 Å². The van der Waals surface area contributed by atoms with Crippen LogP contribution in [0.25, 0.3) is 0 Å². The van der Waals surface area contributed by atoms with Crippen LogP contribution in [0.3, 0.4) is 0 Å². The molecule has 0 spiro atoms. The van der Waals surface area contributed by atoms with Crippen molar-refractivity contribution in [2.45, 2.75) is 66.7 Å². The maximum Gasteiger partial charge on any atom is 0.337 e. The Morgan fingerprint density at radius 2 is 1.68 bits per heavy atom. The van der Waals surface area contributed by atoms with Crippen LogP contribution in [0.4, 0.5) is 0 Å². The number of esters is 2. The zero-order valence-electron chi connectivity index (χ0n) is 16.3. The van der Waals surface area contributed by atoms with Gasteiger partial charge in [0.05, 0.1) is 24.2 Å². The zero-order chi connectivity index (χ0) is 19.4. The molecule has 1 saturated heterocycles. The molecule has 25 heavy (non-hydrogen) atoms. The van der Waals surface area contributed by atoms with Gasteiger partial charge in [-0.3, -0.25) is 9.59 Å². The van der Waals surface area contributed by atoms with Gasteiger partial charge in [0.2, 0.25) is 5.91 Å². The number of rotatable bonds is 5. The van der Waals surface area contributed by atoms with E-state index < -0.39 is 29.6 Å². The van der Waals surface area contributed by atoms with E-state index in [1.807, 2.05) is 13.8 Å². The van der Waals surface area contributed by atoms with Gasteiger partial charge in [0.25, 0.3) is 0 Å². The van der Waals surface area contributed by atoms with Crippen LogP contribution >= 0.6 is 0 Å². The fourth-order valence-electron chi connectivity index (χ4n) is 2.77. The number of carbonyl (C=O) groups is 3. The van der Waals surface area contributed by atoms with E-state index in [4.69, 9.17) is 14.2 Å². The molecule has 0 bridgehead atoms. The maximum atomic E-state index is 12.3. The van der Waals surface area contributed by atoms with Crippen LogP contribution in [-0.4, -0.2) is 49.3 Å². The molecular formula is C18H31NO6. The van der Waals surface area contributed by atoms with Gasteiger partial charge in [-0.1, -0.05) is 13.8 Å². The second-order valence-corrected chi connectivity index (χ2v) is 7.64. The van der Waals surface area contributed by atoms with Crippen molar-refractivity contribution in [3.63, 3.8) is 0 Å². The van der Waals surface area contributed by atoms with Crippen LogP contribution in [0.5, 0.6) is 0 Å². The number of carbonyl (C=O) groups excluding carboxylic acids is 3. The van der Waals surface area contributed by atoms with Gasteiger partial charge in [-0.15, -0.1) is 0 Å². The van der Waals surface area contributed by atoms with Gasteiger partial charge >= 0.3 is 11.9 Å². The normalized spacial score (nSPS) is 29.6. The fourth-order valence-corrected chi connectivity index (χ4v) is 2.77. The van der Waals surface area contributed by atoms with Gasteiger partial charge in [-0.05, 0) is 39.5 Å². The average molecular weight is 357 g/mol. The molecule has 0 radical (unpaired) electrons. The maximum absolute atomic E-state index is 12.3. The fraction of sp³-hybridized carbons (Fsp3) is 0.833. The predicted octanol–water partition coefficient (Wildman–Crippen LogP) is 1.68. The summed E-state index contributed by atoms with van der Waals surface area (Å²) in [6.07, 6.45) is -1.37. The van der Waals surface area contributed by atoms with Crippen molar-refractivity contribution >= 4 is 17.8 Å². The van der Waals surface area contributed by atoms with Crippen molar-refractivity contribution in [2.75, 3.05) is 13.2 Å². The summed E-state index contributed by atoms with van der Waals surface area (Å²) in [5, 5.41) is 2.79. The second kappa shape index (κ2) is 8.65. The largest absolute Gasteiger partial charge is 0.464 e. The van der Waals surface area contributed by atoms with Crippen molar-refractivity contribution in [3.8, 4) is 0 Å². The molecule has 1 heterocycles. The van der Waals surface area contributed by atoms with Crippen molar-refractivity contribution in [1.82, 2.24) is 5.32 Å². The molecule has 144 valence electrons. The Hall–Kier alpha value is -1.63. The van der Waals surface area contributed by atoms with Gasteiger partial charge in [0.1, 0.15) is 6.61 Å². The van der Waals surface area contributed by atoms with Crippen LogP contribution in [0.1, 0.15) is 48.5 Å². The minimum absolute atomic E-state index is 0.0182. The lowest BCUT2D eigenvalue weighted by atomic mass is 9.79. The van der Waals surface area contributed by atoms with Crippen LogP contribution < -0.4 is 5.32 Å². The van der Waals surface area contributed by atoms with E-state index in [0.29, 0.717) is 0 Å². The molecule has 1 rings (SSSR count). The highest BCUT2D eigenvalue weighted by Crippen LogP contribution is 2.32. The molecule has 1 aliphatic rings. The van der Waals surface area contributed by atoms with Crippen molar-refractivity contribution in [3.05, 3.63) is 0 Å². The van der Waals surface area contributed by atoms with Gasteiger partial charge in [0.15, 0.2) is 6.10 Å². The molecule has 1 amide bonds. The Bertz CT molecular complexity index is 498. The molecule has 1 N–H and O–H groups in total. The Balaban J connectivity index is 2.90. The summed E-state index contributed by atoms with van der Waals surface area (Å²) in [6.45, 7) is 12.6. The smallest absolute Gasteiger partial charge is 0.337 e. The highest BCUT2D eigenvalue weighted by molar-refractivity contribution is 5.79. The standard InChI is InChI=1S/C18H31NO6/c1-8-23-16(21)15-14(19-12(4)20)11(3)10(2)13(25-15)9-24-17(22)18(5,6)7/h10-11,13-15H,8-9H2,1-7H3,(H,19,20)/t10-,11-,13+,14+,15+/m0/s1. The summed E-state index contributed by atoms with van der Waals surface area (Å²) in [4.78, 5) is 35.8. The van der Waals surface area contributed by atoms with Gasteiger partial charge in [-0.25, -0.2) is 4.79 Å². The molecule has 1 fully saturated rings. The highest BCUT2D eigenvalue weighted by Gasteiger charge is 2.46. The SMILES string of the molecule is CCOC(=O)[C@@H]1O[C@H](COC(=O)C(C)(C)C)[C@@H](C)[C@H](C)[C@H]1NC(C)=O. The molecule has 0 saturated carbocycles. The molecule has 5 atom stereocenters. The Morgan fingerprint density at radius 3 is 2.16 bits per heavy atom. The van der Waals surface area contributed by atoms with Crippen LogP contribution in [0, 0.1) is 17.3 Å². The zero-order valence-corrected chi connectivity index (χ0v) is 16.3. The van der Waals surface area contributed by atoms with Gasteiger partial charge in [0, 0.05) is 6.92 Å². The van der Waals surface area contributed by atoms with Crippen molar-refractivity contribution in [2.24, 2.45) is 17.3 Å². The first-order chi connectivity index (χ1) is 11.5. The lowest BCUT2D eigenvalue weighted by Crippen LogP contribution is -2.60. The first kappa shape index (κ1) is 21.4. The topological polar surface area (TPSA) is 90.9 Å².